The molecule has 0 aliphatic rings. The number of hydrogen-bond acceptors (Lipinski definition) is 1. The van der Waals surface area contributed by atoms with E-state index in [0.29, 0.717) is 0 Å². The fraction of sp³-hybridized carbons (Fsp3) is 0.250. The average Bonchev–Trinajstić information content (AvgIpc) is 2.42. The van der Waals surface area contributed by atoms with Gasteiger partial charge >= 0.3 is 0 Å². The van der Waals surface area contributed by atoms with E-state index in [9.17, 15) is 0 Å². The Morgan fingerprint density at radius 1 is 0.667 bits per heavy atom. The summed E-state index contributed by atoms with van der Waals surface area (Å²) < 4.78 is 0. The predicted octanol–water partition coefficient (Wildman–Crippen LogP) is 5.44. The molecule has 1 heterocycles. The van der Waals surface area contributed by atoms with Gasteiger partial charge in [0, 0.05) is 10.9 Å². The Kier molecular flexibility index (Phi) is 3.29. The molecule has 0 aliphatic heterocycles. The van der Waals surface area contributed by atoms with E-state index in [1.165, 1.54) is 38.8 Å². The minimum absolute atomic E-state index is 1.08. The highest BCUT2D eigenvalue weighted by atomic mass is 14.7. The summed E-state index contributed by atoms with van der Waals surface area (Å²) in [5.74, 6) is 0. The van der Waals surface area contributed by atoms with Gasteiger partial charge in [0.1, 0.15) is 0 Å². The molecule has 0 atom stereocenters. The minimum atomic E-state index is 1.08. The van der Waals surface area contributed by atoms with Crippen LogP contribution in [0.25, 0.3) is 22.2 Å². The Labute approximate surface area is 126 Å². The highest BCUT2D eigenvalue weighted by molar-refractivity contribution is 5.86. The van der Waals surface area contributed by atoms with Crippen LogP contribution in [0.2, 0.25) is 0 Å². The lowest BCUT2D eigenvalue weighted by atomic mass is 9.97. The maximum atomic E-state index is 4.90. The van der Waals surface area contributed by atoms with Crippen LogP contribution in [0, 0.1) is 34.6 Å². The summed E-state index contributed by atoms with van der Waals surface area (Å²) in [6, 6.07) is 13.2. The zero-order valence-corrected chi connectivity index (χ0v) is 13.4. The van der Waals surface area contributed by atoms with Crippen molar-refractivity contribution in [1.29, 1.82) is 0 Å². The first-order valence-corrected chi connectivity index (χ1v) is 7.42. The van der Waals surface area contributed by atoms with E-state index in [-0.39, 0.29) is 0 Å². The molecule has 0 radical (unpaired) electrons. The molecule has 0 spiro atoms. The second-order valence-corrected chi connectivity index (χ2v) is 6.10. The molecule has 2 aromatic carbocycles. The van der Waals surface area contributed by atoms with Crippen LogP contribution in [0.4, 0.5) is 0 Å². The Bertz CT molecular complexity index is 844. The first-order chi connectivity index (χ1) is 9.95. The minimum Gasteiger partial charge on any atom is -0.248 e. The maximum absolute atomic E-state index is 4.90. The Morgan fingerprint density at radius 2 is 1.38 bits per heavy atom. The third-order valence-corrected chi connectivity index (χ3v) is 4.29. The number of pyridine rings is 1. The Morgan fingerprint density at radius 3 is 2.14 bits per heavy atom. The van der Waals surface area contributed by atoms with Gasteiger partial charge in [0.25, 0.3) is 0 Å². The molecule has 1 heteroatoms. The van der Waals surface area contributed by atoms with Crippen molar-refractivity contribution in [2.45, 2.75) is 34.6 Å². The third kappa shape index (κ3) is 2.44. The second kappa shape index (κ2) is 5.00. The van der Waals surface area contributed by atoms with Gasteiger partial charge in [-0.3, -0.25) is 0 Å². The molecule has 1 nitrogen and oxygen atoms in total. The Hall–Kier alpha value is -2.15. The van der Waals surface area contributed by atoms with E-state index in [1.54, 1.807) is 0 Å². The highest BCUT2D eigenvalue weighted by Gasteiger charge is 2.09. The van der Waals surface area contributed by atoms with Crippen LogP contribution < -0.4 is 0 Å². The SMILES string of the molecule is Cc1ccc2c(C)cc(-c3cc(C)c(C)cc3C)nc2c1. The number of rotatable bonds is 1. The Balaban J connectivity index is 2.28. The molecule has 0 unspecified atom stereocenters. The number of benzene rings is 2. The molecule has 0 aliphatic carbocycles. The highest BCUT2D eigenvalue weighted by Crippen LogP contribution is 2.29. The largest absolute Gasteiger partial charge is 0.248 e. The second-order valence-electron chi connectivity index (χ2n) is 6.10. The first-order valence-electron chi connectivity index (χ1n) is 7.42. The van der Waals surface area contributed by atoms with Crippen LogP contribution in [-0.2, 0) is 0 Å². The van der Waals surface area contributed by atoms with Crippen molar-refractivity contribution in [2.24, 2.45) is 0 Å². The van der Waals surface area contributed by atoms with Crippen LogP contribution in [0.5, 0.6) is 0 Å². The summed E-state index contributed by atoms with van der Waals surface area (Å²) in [5.41, 5.74) is 9.88. The van der Waals surface area contributed by atoms with Crippen molar-refractivity contribution in [3.63, 3.8) is 0 Å². The summed E-state index contributed by atoms with van der Waals surface area (Å²) in [7, 11) is 0. The van der Waals surface area contributed by atoms with Gasteiger partial charge in [0.05, 0.1) is 11.2 Å². The number of fused-ring (bicyclic) bond motifs is 1. The monoisotopic (exact) mass is 275 g/mol. The van der Waals surface area contributed by atoms with E-state index in [4.69, 9.17) is 4.98 Å². The fourth-order valence-electron chi connectivity index (χ4n) is 2.89. The van der Waals surface area contributed by atoms with Gasteiger partial charge in [0.2, 0.25) is 0 Å². The van der Waals surface area contributed by atoms with E-state index < -0.39 is 0 Å². The molecule has 3 rings (SSSR count). The van der Waals surface area contributed by atoms with Gasteiger partial charge in [-0.2, -0.15) is 0 Å². The zero-order chi connectivity index (χ0) is 15.1. The number of aromatic nitrogens is 1. The van der Waals surface area contributed by atoms with Gasteiger partial charge < -0.3 is 0 Å². The first kappa shape index (κ1) is 13.8. The quantitative estimate of drug-likeness (QED) is 0.576. The average molecular weight is 275 g/mol. The lowest BCUT2D eigenvalue weighted by molar-refractivity contribution is 1.27. The van der Waals surface area contributed by atoms with Crippen molar-refractivity contribution in [3.8, 4) is 11.3 Å². The number of nitrogens with zero attached hydrogens (tertiary/aromatic N) is 1. The van der Waals surface area contributed by atoms with Crippen molar-refractivity contribution in [1.82, 2.24) is 4.98 Å². The third-order valence-electron chi connectivity index (χ3n) is 4.29. The smallest absolute Gasteiger partial charge is 0.0715 e. The molecule has 0 bridgehead atoms. The molecule has 0 amide bonds. The lowest BCUT2D eigenvalue weighted by Crippen LogP contribution is -1.93. The van der Waals surface area contributed by atoms with Gasteiger partial charge in [-0.05, 0) is 80.6 Å². The van der Waals surface area contributed by atoms with E-state index in [1.807, 2.05) is 0 Å². The topological polar surface area (TPSA) is 12.9 Å². The van der Waals surface area contributed by atoms with E-state index >= 15 is 0 Å². The molecule has 21 heavy (non-hydrogen) atoms. The molecule has 1 aromatic heterocycles. The molecule has 0 N–H and O–H groups in total. The van der Waals surface area contributed by atoms with Gasteiger partial charge in [-0.1, -0.05) is 18.2 Å². The normalized spacial score (nSPS) is 11.1. The lowest BCUT2D eigenvalue weighted by Gasteiger charge is -2.12. The predicted molar refractivity (Wildman–Crippen MR) is 90.9 cm³/mol. The van der Waals surface area contributed by atoms with Gasteiger partial charge in [-0.15, -0.1) is 0 Å². The molecular weight excluding hydrogens is 254 g/mol. The van der Waals surface area contributed by atoms with Crippen LogP contribution in [0.15, 0.2) is 36.4 Å². The summed E-state index contributed by atoms with van der Waals surface area (Å²) in [4.78, 5) is 4.90. The summed E-state index contributed by atoms with van der Waals surface area (Å²) in [5, 5.41) is 1.24. The van der Waals surface area contributed by atoms with Crippen LogP contribution in [0.1, 0.15) is 27.8 Å². The zero-order valence-electron chi connectivity index (χ0n) is 13.4. The summed E-state index contributed by atoms with van der Waals surface area (Å²) >= 11 is 0. The van der Waals surface area contributed by atoms with Crippen molar-refractivity contribution in [3.05, 3.63) is 64.2 Å². The van der Waals surface area contributed by atoms with Crippen LogP contribution >= 0.6 is 0 Å². The van der Waals surface area contributed by atoms with E-state index in [2.05, 4.69) is 71.0 Å². The molecule has 106 valence electrons. The number of hydrogen-bond donors (Lipinski definition) is 0. The van der Waals surface area contributed by atoms with Crippen molar-refractivity contribution in [2.75, 3.05) is 0 Å². The molecule has 0 saturated heterocycles. The maximum Gasteiger partial charge on any atom is 0.0715 e. The number of aryl methyl sites for hydroxylation is 5. The van der Waals surface area contributed by atoms with Crippen molar-refractivity contribution >= 4 is 10.9 Å². The van der Waals surface area contributed by atoms with Crippen LogP contribution in [0.3, 0.4) is 0 Å². The molecular formula is C20H21N. The molecule has 3 aromatic rings. The molecule has 0 fully saturated rings. The molecule has 0 saturated carbocycles. The van der Waals surface area contributed by atoms with Crippen LogP contribution in [-0.4, -0.2) is 4.98 Å². The van der Waals surface area contributed by atoms with E-state index in [0.717, 1.165) is 11.2 Å². The standard InChI is InChI=1S/C20H21N/c1-12-6-7-17-16(5)11-20(21-19(17)8-12)18-10-14(3)13(2)9-15(18)4/h6-11H,1-5H3. The van der Waals surface area contributed by atoms with Crippen molar-refractivity contribution < 1.29 is 0 Å². The van der Waals surface area contributed by atoms with Gasteiger partial charge in [0.15, 0.2) is 0 Å². The van der Waals surface area contributed by atoms with Gasteiger partial charge in [-0.25, -0.2) is 4.98 Å². The summed E-state index contributed by atoms with van der Waals surface area (Å²) in [6.07, 6.45) is 0. The fourth-order valence-corrected chi connectivity index (χ4v) is 2.89. The summed E-state index contributed by atoms with van der Waals surface area (Å²) in [6.45, 7) is 10.8.